The van der Waals surface area contributed by atoms with E-state index in [-0.39, 0.29) is 5.56 Å². The van der Waals surface area contributed by atoms with Gasteiger partial charge < -0.3 is 0 Å². The molecular weight excluding hydrogens is 219 g/mol. The number of carbonyl (C=O) groups is 1. The summed E-state index contributed by atoms with van der Waals surface area (Å²) in [6, 6.07) is 5.84. The lowest BCUT2D eigenvalue weighted by Gasteiger charge is -2.03. The molecule has 0 aromatic heterocycles. The summed E-state index contributed by atoms with van der Waals surface area (Å²) in [6.45, 7) is 3.93. The second-order valence-electron chi connectivity index (χ2n) is 3.87. The van der Waals surface area contributed by atoms with E-state index in [1.54, 1.807) is 12.1 Å². The number of unbranched alkanes of at least 4 members (excludes halogenated alkanes) is 1. The fourth-order valence-corrected chi connectivity index (χ4v) is 1.34. The number of carbonyl (C=O) groups excluding carboxylic acids is 1. The number of rotatable bonds is 5. The standard InChI is InChI=1S/C13H17FN2O/c1-3-4-7-10(2)15-16-13(17)11-8-5-6-9-12(11)14/h5-6,8-9H,3-4,7H2,1-2H3,(H,16,17)/b15-10+. The Morgan fingerprint density at radius 2 is 2.12 bits per heavy atom. The zero-order chi connectivity index (χ0) is 12.7. The summed E-state index contributed by atoms with van der Waals surface area (Å²) in [6.07, 6.45) is 2.95. The van der Waals surface area contributed by atoms with Gasteiger partial charge in [0.25, 0.3) is 5.91 Å². The van der Waals surface area contributed by atoms with Gasteiger partial charge in [0.05, 0.1) is 5.56 Å². The minimum absolute atomic E-state index is 0.0135. The maximum absolute atomic E-state index is 13.3. The van der Waals surface area contributed by atoms with Gasteiger partial charge in [-0.3, -0.25) is 4.79 Å². The Balaban J connectivity index is 2.58. The summed E-state index contributed by atoms with van der Waals surface area (Å²) in [5.41, 5.74) is 3.21. The van der Waals surface area contributed by atoms with Crippen LogP contribution in [-0.2, 0) is 0 Å². The molecule has 0 spiro atoms. The quantitative estimate of drug-likeness (QED) is 0.619. The highest BCUT2D eigenvalue weighted by molar-refractivity contribution is 5.95. The van der Waals surface area contributed by atoms with Gasteiger partial charge in [-0.15, -0.1) is 0 Å². The van der Waals surface area contributed by atoms with Crippen LogP contribution in [0.15, 0.2) is 29.4 Å². The molecule has 1 amide bonds. The van der Waals surface area contributed by atoms with Gasteiger partial charge in [0.15, 0.2) is 0 Å². The van der Waals surface area contributed by atoms with E-state index < -0.39 is 11.7 Å². The lowest BCUT2D eigenvalue weighted by molar-refractivity contribution is 0.0950. The Kier molecular flexibility index (Phi) is 5.33. The normalized spacial score (nSPS) is 11.4. The second-order valence-corrected chi connectivity index (χ2v) is 3.87. The molecule has 1 aromatic carbocycles. The first-order valence-electron chi connectivity index (χ1n) is 5.73. The molecular formula is C13H17FN2O. The van der Waals surface area contributed by atoms with Gasteiger partial charge in [-0.2, -0.15) is 5.10 Å². The van der Waals surface area contributed by atoms with Gasteiger partial charge in [0.2, 0.25) is 0 Å². The molecule has 0 saturated heterocycles. The van der Waals surface area contributed by atoms with E-state index in [4.69, 9.17) is 0 Å². The van der Waals surface area contributed by atoms with Crippen LogP contribution in [0.1, 0.15) is 43.5 Å². The number of amides is 1. The SMILES string of the molecule is CCCC/C(C)=N/NC(=O)c1ccccc1F. The van der Waals surface area contributed by atoms with Crippen molar-refractivity contribution in [1.82, 2.24) is 5.43 Å². The summed E-state index contributed by atoms with van der Waals surface area (Å²) < 4.78 is 13.3. The van der Waals surface area contributed by atoms with Crippen molar-refractivity contribution in [3.63, 3.8) is 0 Å². The molecule has 92 valence electrons. The van der Waals surface area contributed by atoms with Crippen LogP contribution in [0.3, 0.4) is 0 Å². The van der Waals surface area contributed by atoms with Gasteiger partial charge in [-0.25, -0.2) is 9.82 Å². The molecule has 0 fully saturated rings. The Morgan fingerprint density at radius 1 is 1.41 bits per heavy atom. The fourth-order valence-electron chi connectivity index (χ4n) is 1.34. The van der Waals surface area contributed by atoms with Crippen LogP contribution in [0.2, 0.25) is 0 Å². The van der Waals surface area contributed by atoms with Crippen molar-refractivity contribution < 1.29 is 9.18 Å². The van der Waals surface area contributed by atoms with E-state index in [2.05, 4.69) is 17.5 Å². The average molecular weight is 236 g/mol. The number of hydrazone groups is 1. The number of hydrogen-bond acceptors (Lipinski definition) is 2. The first-order valence-corrected chi connectivity index (χ1v) is 5.73. The topological polar surface area (TPSA) is 41.5 Å². The predicted molar refractivity (Wildman–Crippen MR) is 66.5 cm³/mol. The van der Waals surface area contributed by atoms with Crippen molar-refractivity contribution in [3.8, 4) is 0 Å². The van der Waals surface area contributed by atoms with Crippen LogP contribution in [0.4, 0.5) is 4.39 Å². The van der Waals surface area contributed by atoms with Gasteiger partial charge >= 0.3 is 0 Å². The Hall–Kier alpha value is -1.71. The van der Waals surface area contributed by atoms with Gasteiger partial charge in [-0.05, 0) is 31.9 Å². The van der Waals surface area contributed by atoms with E-state index in [9.17, 15) is 9.18 Å². The van der Waals surface area contributed by atoms with Crippen molar-refractivity contribution in [1.29, 1.82) is 0 Å². The van der Waals surface area contributed by atoms with E-state index >= 15 is 0 Å². The highest BCUT2D eigenvalue weighted by Gasteiger charge is 2.09. The smallest absolute Gasteiger partial charge is 0.267 e. The summed E-state index contributed by atoms with van der Waals surface area (Å²) >= 11 is 0. The molecule has 1 rings (SSSR count). The molecule has 4 heteroatoms. The molecule has 0 saturated carbocycles. The summed E-state index contributed by atoms with van der Waals surface area (Å²) in [5, 5.41) is 3.93. The molecule has 1 N–H and O–H groups in total. The fraction of sp³-hybridized carbons (Fsp3) is 0.385. The van der Waals surface area contributed by atoms with Gasteiger partial charge in [0.1, 0.15) is 5.82 Å². The van der Waals surface area contributed by atoms with Crippen LogP contribution in [-0.4, -0.2) is 11.6 Å². The molecule has 0 aliphatic heterocycles. The molecule has 0 heterocycles. The van der Waals surface area contributed by atoms with E-state index in [1.807, 2.05) is 6.92 Å². The van der Waals surface area contributed by atoms with Gasteiger partial charge in [-0.1, -0.05) is 25.5 Å². The Bertz CT molecular complexity index is 416. The van der Waals surface area contributed by atoms with Crippen molar-refractivity contribution in [2.24, 2.45) is 5.10 Å². The highest BCUT2D eigenvalue weighted by atomic mass is 19.1. The lowest BCUT2D eigenvalue weighted by Crippen LogP contribution is -2.20. The molecule has 0 unspecified atom stereocenters. The summed E-state index contributed by atoms with van der Waals surface area (Å²) in [5.74, 6) is -1.05. The predicted octanol–water partition coefficient (Wildman–Crippen LogP) is 3.12. The molecule has 1 aromatic rings. The van der Waals surface area contributed by atoms with E-state index in [0.29, 0.717) is 0 Å². The maximum Gasteiger partial charge on any atom is 0.274 e. The largest absolute Gasteiger partial charge is 0.274 e. The number of benzene rings is 1. The van der Waals surface area contributed by atoms with Gasteiger partial charge in [0, 0.05) is 5.71 Å². The average Bonchev–Trinajstić information content (AvgIpc) is 2.34. The van der Waals surface area contributed by atoms with Crippen LogP contribution in [0, 0.1) is 5.82 Å². The zero-order valence-electron chi connectivity index (χ0n) is 10.2. The minimum Gasteiger partial charge on any atom is -0.267 e. The monoisotopic (exact) mass is 236 g/mol. The molecule has 0 atom stereocenters. The van der Waals surface area contributed by atoms with Crippen molar-refractivity contribution in [2.75, 3.05) is 0 Å². The van der Waals surface area contributed by atoms with Crippen LogP contribution in [0.25, 0.3) is 0 Å². The lowest BCUT2D eigenvalue weighted by atomic mass is 10.2. The Labute approximate surface area is 101 Å². The summed E-state index contributed by atoms with van der Waals surface area (Å²) in [7, 11) is 0. The number of nitrogens with zero attached hydrogens (tertiary/aromatic N) is 1. The summed E-state index contributed by atoms with van der Waals surface area (Å²) in [4.78, 5) is 11.6. The third-order valence-corrected chi connectivity index (χ3v) is 2.36. The first-order chi connectivity index (χ1) is 8.15. The third kappa shape index (κ3) is 4.34. The molecule has 0 aliphatic carbocycles. The number of nitrogens with one attached hydrogen (secondary N) is 1. The first kappa shape index (κ1) is 13.4. The molecule has 17 heavy (non-hydrogen) atoms. The number of halogens is 1. The molecule has 0 radical (unpaired) electrons. The zero-order valence-corrected chi connectivity index (χ0v) is 10.2. The van der Waals surface area contributed by atoms with Crippen molar-refractivity contribution >= 4 is 11.6 Å². The van der Waals surface area contributed by atoms with E-state index in [0.717, 1.165) is 25.0 Å². The van der Waals surface area contributed by atoms with Crippen LogP contribution >= 0.6 is 0 Å². The van der Waals surface area contributed by atoms with Crippen LogP contribution in [0.5, 0.6) is 0 Å². The van der Waals surface area contributed by atoms with Crippen LogP contribution < -0.4 is 5.43 Å². The highest BCUT2D eigenvalue weighted by Crippen LogP contribution is 2.05. The third-order valence-electron chi connectivity index (χ3n) is 2.36. The molecule has 0 aliphatic rings. The molecule has 3 nitrogen and oxygen atoms in total. The van der Waals surface area contributed by atoms with Crippen molar-refractivity contribution in [3.05, 3.63) is 35.6 Å². The number of hydrogen-bond donors (Lipinski definition) is 1. The van der Waals surface area contributed by atoms with Crippen molar-refractivity contribution in [2.45, 2.75) is 33.1 Å². The minimum atomic E-state index is -0.536. The maximum atomic E-state index is 13.3. The van der Waals surface area contributed by atoms with E-state index in [1.165, 1.54) is 12.1 Å². The second kappa shape index (κ2) is 6.78. The Morgan fingerprint density at radius 3 is 2.76 bits per heavy atom. The molecule has 0 bridgehead atoms.